The van der Waals surface area contributed by atoms with Crippen LogP contribution in [0.25, 0.3) is 0 Å². The van der Waals surface area contributed by atoms with Crippen molar-refractivity contribution in [1.82, 2.24) is 15.2 Å². The maximum atomic E-state index is 12.3. The Kier molecular flexibility index (Phi) is 6.95. The van der Waals surface area contributed by atoms with E-state index in [2.05, 4.69) is 36.4 Å². The number of carbonyl (C=O) groups excluding carboxylic acids is 1. The van der Waals surface area contributed by atoms with Crippen LogP contribution < -0.4 is 10.6 Å². The molecular formula is C14H23BrN4O. The number of rotatable bonds is 7. The van der Waals surface area contributed by atoms with Gasteiger partial charge < -0.3 is 15.5 Å². The highest BCUT2D eigenvalue weighted by molar-refractivity contribution is 9.10. The van der Waals surface area contributed by atoms with E-state index < -0.39 is 0 Å². The molecular weight excluding hydrogens is 320 g/mol. The van der Waals surface area contributed by atoms with Crippen molar-refractivity contribution >= 4 is 27.7 Å². The molecule has 20 heavy (non-hydrogen) atoms. The van der Waals surface area contributed by atoms with E-state index in [0.29, 0.717) is 11.4 Å². The fourth-order valence-electron chi connectivity index (χ4n) is 1.75. The van der Waals surface area contributed by atoms with Crippen LogP contribution in [-0.4, -0.2) is 49.0 Å². The third kappa shape index (κ3) is 5.46. The van der Waals surface area contributed by atoms with Crippen LogP contribution in [-0.2, 0) is 0 Å². The van der Waals surface area contributed by atoms with Gasteiger partial charge in [0.15, 0.2) is 0 Å². The van der Waals surface area contributed by atoms with Crippen LogP contribution in [0.4, 0.5) is 5.82 Å². The fraction of sp³-hybridized carbons (Fsp3) is 0.571. The highest BCUT2D eigenvalue weighted by atomic mass is 79.9. The van der Waals surface area contributed by atoms with Gasteiger partial charge >= 0.3 is 0 Å². The Morgan fingerprint density at radius 3 is 2.80 bits per heavy atom. The molecule has 0 radical (unpaired) electrons. The van der Waals surface area contributed by atoms with Gasteiger partial charge in [0, 0.05) is 23.3 Å². The molecule has 112 valence electrons. The van der Waals surface area contributed by atoms with Crippen molar-refractivity contribution in [2.75, 3.05) is 32.5 Å². The predicted molar refractivity (Wildman–Crippen MR) is 86.2 cm³/mol. The number of pyridine rings is 1. The minimum atomic E-state index is -0.0963. The number of aromatic nitrogens is 1. The second-order valence-electron chi connectivity index (χ2n) is 5.05. The number of nitrogens with zero attached hydrogens (tertiary/aromatic N) is 2. The molecule has 5 nitrogen and oxygen atoms in total. The van der Waals surface area contributed by atoms with Crippen molar-refractivity contribution in [3.63, 3.8) is 0 Å². The van der Waals surface area contributed by atoms with E-state index in [-0.39, 0.29) is 11.9 Å². The molecule has 6 heteroatoms. The average Bonchev–Trinajstić information content (AvgIpc) is 2.38. The Bertz CT molecular complexity index is 451. The molecule has 0 aromatic carbocycles. The lowest BCUT2D eigenvalue weighted by Crippen LogP contribution is -2.35. The summed E-state index contributed by atoms with van der Waals surface area (Å²) in [4.78, 5) is 18.7. The molecule has 1 aromatic rings. The van der Waals surface area contributed by atoms with Crippen LogP contribution in [0.5, 0.6) is 0 Å². The summed E-state index contributed by atoms with van der Waals surface area (Å²) in [5.41, 5.74) is 0.568. The lowest BCUT2D eigenvalue weighted by molar-refractivity contribution is 0.0937. The lowest BCUT2D eigenvalue weighted by Gasteiger charge is -2.17. The molecule has 0 aliphatic carbocycles. The van der Waals surface area contributed by atoms with Crippen molar-refractivity contribution in [3.05, 3.63) is 22.3 Å². The maximum Gasteiger partial charge on any atom is 0.255 e. The summed E-state index contributed by atoms with van der Waals surface area (Å²) >= 11 is 3.35. The molecule has 0 saturated heterocycles. The zero-order valence-electron chi connectivity index (χ0n) is 12.5. The van der Waals surface area contributed by atoms with Gasteiger partial charge in [-0.05, 0) is 62.9 Å². The van der Waals surface area contributed by atoms with Gasteiger partial charge in [0.1, 0.15) is 5.82 Å². The number of hydrogen-bond donors (Lipinski definition) is 2. The summed E-state index contributed by atoms with van der Waals surface area (Å²) in [6, 6.07) is 1.91. The van der Waals surface area contributed by atoms with E-state index >= 15 is 0 Å². The second kappa shape index (κ2) is 8.21. The highest BCUT2D eigenvalue weighted by Gasteiger charge is 2.15. The Morgan fingerprint density at radius 1 is 1.50 bits per heavy atom. The highest BCUT2D eigenvalue weighted by Crippen LogP contribution is 2.18. The SMILES string of the molecule is CCNc1ncc(Br)cc1C(=O)NC(C)CCN(C)C. The number of halogens is 1. The Morgan fingerprint density at radius 2 is 2.20 bits per heavy atom. The Balaban J connectivity index is 2.73. The fourth-order valence-corrected chi connectivity index (χ4v) is 2.08. The van der Waals surface area contributed by atoms with Gasteiger partial charge in [-0.15, -0.1) is 0 Å². The smallest absolute Gasteiger partial charge is 0.255 e. The Labute approximate surface area is 129 Å². The summed E-state index contributed by atoms with van der Waals surface area (Å²) in [5.74, 6) is 0.522. The van der Waals surface area contributed by atoms with E-state index in [1.165, 1.54) is 0 Å². The molecule has 2 N–H and O–H groups in total. The van der Waals surface area contributed by atoms with Crippen molar-refractivity contribution < 1.29 is 4.79 Å². The van der Waals surface area contributed by atoms with E-state index in [1.807, 2.05) is 27.9 Å². The van der Waals surface area contributed by atoms with Crippen LogP contribution >= 0.6 is 15.9 Å². The van der Waals surface area contributed by atoms with E-state index in [1.54, 1.807) is 12.3 Å². The first kappa shape index (κ1) is 16.9. The van der Waals surface area contributed by atoms with Crippen LogP contribution in [0.2, 0.25) is 0 Å². The lowest BCUT2D eigenvalue weighted by atomic mass is 10.2. The zero-order chi connectivity index (χ0) is 15.1. The number of anilines is 1. The van der Waals surface area contributed by atoms with Crippen molar-refractivity contribution in [2.45, 2.75) is 26.3 Å². The predicted octanol–water partition coefficient (Wildman–Crippen LogP) is 2.35. The Hall–Kier alpha value is -1.14. The summed E-state index contributed by atoms with van der Waals surface area (Å²) in [7, 11) is 4.05. The average molecular weight is 343 g/mol. The monoisotopic (exact) mass is 342 g/mol. The van der Waals surface area contributed by atoms with Crippen LogP contribution in [0.15, 0.2) is 16.7 Å². The van der Waals surface area contributed by atoms with E-state index in [9.17, 15) is 4.79 Å². The third-order valence-electron chi connectivity index (χ3n) is 2.83. The first-order valence-electron chi connectivity index (χ1n) is 6.79. The summed E-state index contributed by atoms with van der Waals surface area (Å²) in [5, 5.41) is 6.12. The molecule has 0 aliphatic rings. The van der Waals surface area contributed by atoms with Gasteiger partial charge in [-0.2, -0.15) is 0 Å². The van der Waals surface area contributed by atoms with Crippen molar-refractivity contribution in [3.8, 4) is 0 Å². The molecule has 0 bridgehead atoms. The van der Waals surface area contributed by atoms with Gasteiger partial charge in [-0.1, -0.05) is 0 Å². The molecule has 1 unspecified atom stereocenters. The van der Waals surface area contributed by atoms with E-state index in [4.69, 9.17) is 0 Å². The van der Waals surface area contributed by atoms with Gasteiger partial charge in [0.2, 0.25) is 0 Å². The largest absolute Gasteiger partial charge is 0.370 e. The zero-order valence-corrected chi connectivity index (χ0v) is 14.1. The molecule has 1 atom stereocenters. The topological polar surface area (TPSA) is 57.3 Å². The third-order valence-corrected chi connectivity index (χ3v) is 3.26. The number of nitrogens with one attached hydrogen (secondary N) is 2. The van der Waals surface area contributed by atoms with Gasteiger partial charge in [0.05, 0.1) is 5.56 Å². The summed E-state index contributed by atoms with van der Waals surface area (Å²) < 4.78 is 0.797. The minimum Gasteiger partial charge on any atom is -0.370 e. The minimum absolute atomic E-state index is 0.0963. The quantitative estimate of drug-likeness (QED) is 0.798. The van der Waals surface area contributed by atoms with Gasteiger partial charge in [-0.3, -0.25) is 4.79 Å². The number of hydrogen-bond acceptors (Lipinski definition) is 4. The molecule has 0 aliphatic heterocycles. The first-order chi connectivity index (χ1) is 9.43. The summed E-state index contributed by atoms with van der Waals surface area (Å²) in [6.45, 7) is 5.66. The van der Waals surface area contributed by atoms with Crippen LogP contribution in [0.1, 0.15) is 30.6 Å². The second-order valence-corrected chi connectivity index (χ2v) is 5.96. The molecule has 1 aromatic heterocycles. The molecule has 1 heterocycles. The number of carbonyl (C=O) groups is 1. The van der Waals surface area contributed by atoms with Gasteiger partial charge in [-0.25, -0.2) is 4.98 Å². The standard InChI is InChI=1S/C14H23BrN4O/c1-5-16-13-12(8-11(15)9-17-13)14(20)18-10(2)6-7-19(3)4/h8-10H,5-7H2,1-4H3,(H,16,17)(H,18,20). The molecule has 0 fully saturated rings. The molecule has 1 rings (SSSR count). The van der Waals surface area contributed by atoms with Crippen molar-refractivity contribution in [2.24, 2.45) is 0 Å². The molecule has 0 saturated carbocycles. The molecule has 1 amide bonds. The number of amides is 1. The van der Waals surface area contributed by atoms with Crippen molar-refractivity contribution in [1.29, 1.82) is 0 Å². The first-order valence-corrected chi connectivity index (χ1v) is 7.58. The summed E-state index contributed by atoms with van der Waals surface area (Å²) in [6.07, 6.45) is 2.60. The molecule has 0 spiro atoms. The maximum absolute atomic E-state index is 12.3. The van der Waals surface area contributed by atoms with Gasteiger partial charge in [0.25, 0.3) is 5.91 Å². The van der Waals surface area contributed by atoms with Crippen LogP contribution in [0.3, 0.4) is 0 Å². The van der Waals surface area contributed by atoms with Crippen LogP contribution in [0, 0.1) is 0 Å². The normalized spacial score (nSPS) is 12.3. The van der Waals surface area contributed by atoms with E-state index in [0.717, 1.165) is 24.0 Å².